The van der Waals surface area contributed by atoms with E-state index in [4.69, 9.17) is 11.6 Å². The second-order valence-electron chi connectivity index (χ2n) is 3.21. The van der Waals surface area contributed by atoms with Gasteiger partial charge in [0.2, 0.25) is 0 Å². The van der Waals surface area contributed by atoms with E-state index in [0.29, 0.717) is 12.1 Å². The number of benzene rings is 1. The van der Waals surface area contributed by atoms with Gasteiger partial charge in [-0.1, -0.05) is 11.6 Å². The maximum absolute atomic E-state index is 10.8. The zero-order valence-corrected chi connectivity index (χ0v) is 9.86. The Hall–Kier alpha value is -1.66. The van der Waals surface area contributed by atoms with Crippen LogP contribution in [0.2, 0.25) is 5.02 Å². The van der Waals surface area contributed by atoms with Crippen LogP contribution >= 0.6 is 11.6 Å². The van der Waals surface area contributed by atoms with E-state index >= 15 is 0 Å². The SMILES string of the molecule is COC(=O)CNCc1ccc([N+](=O)[O-])cc1Cl. The molecule has 0 atom stereocenters. The predicted molar refractivity (Wildman–Crippen MR) is 61.8 cm³/mol. The zero-order chi connectivity index (χ0) is 12.8. The summed E-state index contributed by atoms with van der Waals surface area (Å²) in [6.45, 7) is 0.399. The number of methoxy groups -OCH3 is 1. The van der Waals surface area contributed by atoms with Crippen molar-refractivity contribution in [2.75, 3.05) is 13.7 Å². The topological polar surface area (TPSA) is 81.5 Å². The summed E-state index contributed by atoms with van der Waals surface area (Å²) in [5.74, 6) is -0.386. The van der Waals surface area contributed by atoms with Gasteiger partial charge in [-0.2, -0.15) is 0 Å². The van der Waals surface area contributed by atoms with Crippen molar-refractivity contribution >= 4 is 23.3 Å². The van der Waals surface area contributed by atoms with Crippen molar-refractivity contribution in [3.05, 3.63) is 38.9 Å². The van der Waals surface area contributed by atoms with Crippen LogP contribution in [0.15, 0.2) is 18.2 Å². The first-order chi connectivity index (χ1) is 8.04. The molecule has 1 rings (SSSR count). The van der Waals surface area contributed by atoms with Crippen LogP contribution in [0.3, 0.4) is 0 Å². The van der Waals surface area contributed by atoms with E-state index in [1.165, 1.54) is 19.2 Å². The highest BCUT2D eigenvalue weighted by Gasteiger charge is 2.09. The minimum absolute atomic E-state index is 0.0593. The molecule has 1 aromatic rings. The third-order valence-electron chi connectivity index (χ3n) is 2.06. The Bertz CT molecular complexity index is 436. The summed E-state index contributed by atoms with van der Waals surface area (Å²) < 4.78 is 4.45. The fraction of sp³-hybridized carbons (Fsp3) is 0.300. The van der Waals surface area contributed by atoms with E-state index in [2.05, 4.69) is 10.1 Å². The number of hydrogen-bond acceptors (Lipinski definition) is 5. The van der Waals surface area contributed by atoms with Gasteiger partial charge in [0, 0.05) is 18.7 Å². The molecule has 0 fully saturated rings. The van der Waals surface area contributed by atoms with Gasteiger partial charge in [-0.25, -0.2) is 0 Å². The highest BCUT2D eigenvalue weighted by Crippen LogP contribution is 2.22. The molecule has 0 bridgehead atoms. The van der Waals surface area contributed by atoms with Crippen molar-refractivity contribution in [1.29, 1.82) is 0 Å². The lowest BCUT2D eigenvalue weighted by atomic mass is 10.2. The van der Waals surface area contributed by atoms with E-state index in [1.54, 1.807) is 6.07 Å². The minimum Gasteiger partial charge on any atom is -0.468 e. The third-order valence-corrected chi connectivity index (χ3v) is 2.41. The Balaban J connectivity index is 2.60. The molecule has 1 N–H and O–H groups in total. The van der Waals surface area contributed by atoms with Crippen LogP contribution in [0.25, 0.3) is 0 Å². The summed E-state index contributed by atoms with van der Waals surface area (Å²) in [5, 5.41) is 13.6. The van der Waals surface area contributed by atoms with Gasteiger partial charge in [0.15, 0.2) is 0 Å². The third kappa shape index (κ3) is 4.01. The molecule has 0 unspecified atom stereocenters. The molecule has 0 radical (unpaired) electrons. The summed E-state index contributed by atoms with van der Waals surface area (Å²) >= 11 is 5.86. The normalized spacial score (nSPS) is 10.0. The van der Waals surface area contributed by atoms with Gasteiger partial charge in [0.05, 0.1) is 23.6 Å². The average molecular weight is 259 g/mol. The van der Waals surface area contributed by atoms with Crippen LogP contribution in [-0.4, -0.2) is 24.5 Å². The molecular weight excluding hydrogens is 248 g/mol. The Morgan fingerprint density at radius 2 is 2.29 bits per heavy atom. The van der Waals surface area contributed by atoms with Crippen molar-refractivity contribution < 1.29 is 14.5 Å². The van der Waals surface area contributed by atoms with Crippen LogP contribution in [-0.2, 0) is 16.1 Å². The van der Waals surface area contributed by atoms with E-state index in [-0.39, 0.29) is 23.2 Å². The van der Waals surface area contributed by atoms with Crippen molar-refractivity contribution in [2.45, 2.75) is 6.54 Å². The Kier molecular flexibility index (Phi) is 4.86. The predicted octanol–water partition coefficient (Wildman–Crippen LogP) is 1.51. The van der Waals surface area contributed by atoms with E-state index in [0.717, 1.165) is 0 Å². The number of halogens is 1. The van der Waals surface area contributed by atoms with Crippen molar-refractivity contribution in [3.8, 4) is 0 Å². The molecule has 0 saturated heterocycles. The van der Waals surface area contributed by atoms with Gasteiger partial charge in [-0.05, 0) is 11.6 Å². The van der Waals surface area contributed by atoms with Crippen LogP contribution in [0, 0.1) is 10.1 Å². The Morgan fingerprint density at radius 3 is 2.82 bits per heavy atom. The Labute approximate surface area is 103 Å². The number of rotatable bonds is 5. The second kappa shape index (κ2) is 6.17. The fourth-order valence-corrected chi connectivity index (χ4v) is 1.41. The number of nitro benzene ring substituents is 1. The minimum atomic E-state index is -0.516. The number of nitrogens with one attached hydrogen (secondary N) is 1. The standard InChI is InChI=1S/C10H11ClN2O4/c1-17-10(14)6-12-5-7-2-3-8(13(15)16)4-9(7)11/h2-4,12H,5-6H2,1H3. The number of carbonyl (C=O) groups excluding carboxylic acids is 1. The van der Waals surface area contributed by atoms with Crippen molar-refractivity contribution in [3.63, 3.8) is 0 Å². The van der Waals surface area contributed by atoms with Gasteiger partial charge in [0.1, 0.15) is 0 Å². The first-order valence-electron chi connectivity index (χ1n) is 4.75. The molecule has 0 saturated carbocycles. The first-order valence-corrected chi connectivity index (χ1v) is 5.12. The van der Waals surface area contributed by atoms with Gasteiger partial charge in [-0.3, -0.25) is 14.9 Å². The van der Waals surface area contributed by atoms with Gasteiger partial charge in [-0.15, -0.1) is 0 Å². The number of ether oxygens (including phenoxy) is 1. The van der Waals surface area contributed by atoms with Crippen LogP contribution in [0.5, 0.6) is 0 Å². The number of nitrogens with zero attached hydrogens (tertiary/aromatic N) is 1. The van der Waals surface area contributed by atoms with Crippen LogP contribution < -0.4 is 5.32 Å². The summed E-state index contributed by atoms with van der Waals surface area (Å²) in [7, 11) is 1.29. The van der Waals surface area contributed by atoms with E-state index in [1.807, 2.05) is 0 Å². The zero-order valence-electron chi connectivity index (χ0n) is 9.10. The largest absolute Gasteiger partial charge is 0.468 e. The summed E-state index contributed by atoms with van der Waals surface area (Å²) in [4.78, 5) is 20.8. The van der Waals surface area contributed by atoms with Gasteiger partial charge >= 0.3 is 5.97 Å². The molecule has 0 aromatic heterocycles. The van der Waals surface area contributed by atoms with Crippen LogP contribution in [0.4, 0.5) is 5.69 Å². The molecule has 0 spiro atoms. The molecule has 0 heterocycles. The molecule has 92 valence electrons. The molecule has 6 nitrogen and oxygen atoms in total. The monoisotopic (exact) mass is 258 g/mol. The fourth-order valence-electron chi connectivity index (χ4n) is 1.16. The number of non-ortho nitro benzene ring substituents is 1. The lowest BCUT2D eigenvalue weighted by molar-refractivity contribution is -0.384. The second-order valence-corrected chi connectivity index (χ2v) is 3.62. The van der Waals surface area contributed by atoms with Crippen molar-refractivity contribution in [2.24, 2.45) is 0 Å². The summed E-state index contributed by atoms with van der Waals surface area (Å²) in [6.07, 6.45) is 0. The maximum Gasteiger partial charge on any atom is 0.319 e. The summed E-state index contributed by atoms with van der Waals surface area (Å²) in [6, 6.07) is 4.18. The molecule has 0 aliphatic heterocycles. The number of esters is 1. The molecule has 17 heavy (non-hydrogen) atoms. The smallest absolute Gasteiger partial charge is 0.319 e. The number of nitro groups is 1. The van der Waals surface area contributed by atoms with E-state index in [9.17, 15) is 14.9 Å². The molecule has 7 heteroatoms. The first kappa shape index (κ1) is 13.4. The highest BCUT2D eigenvalue weighted by atomic mass is 35.5. The van der Waals surface area contributed by atoms with Crippen LogP contribution in [0.1, 0.15) is 5.56 Å². The lowest BCUT2D eigenvalue weighted by Crippen LogP contribution is -2.23. The highest BCUT2D eigenvalue weighted by molar-refractivity contribution is 6.31. The quantitative estimate of drug-likeness (QED) is 0.492. The maximum atomic E-state index is 10.8. The molecule has 1 aromatic carbocycles. The molecule has 0 amide bonds. The average Bonchev–Trinajstić information content (AvgIpc) is 2.30. The van der Waals surface area contributed by atoms with Gasteiger partial charge in [0.25, 0.3) is 5.69 Å². The molecule has 0 aliphatic carbocycles. The lowest BCUT2D eigenvalue weighted by Gasteiger charge is -2.05. The summed E-state index contributed by atoms with van der Waals surface area (Å²) in [5.41, 5.74) is 0.618. The molecular formula is C10H11ClN2O4. The molecule has 0 aliphatic rings. The Morgan fingerprint density at radius 1 is 1.59 bits per heavy atom. The van der Waals surface area contributed by atoms with Gasteiger partial charge < -0.3 is 10.1 Å². The van der Waals surface area contributed by atoms with Crippen molar-refractivity contribution in [1.82, 2.24) is 5.32 Å². The van der Waals surface area contributed by atoms with E-state index < -0.39 is 4.92 Å². The number of hydrogen-bond donors (Lipinski definition) is 1. The number of carbonyl (C=O) groups is 1.